The van der Waals surface area contributed by atoms with E-state index in [9.17, 15) is 0 Å². The number of halogens is 1. The van der Waals surface area contributed by atoms with Crippen LogP contribution in [0, 0.1) is 6.92 Å². The molecule has 1 aromatic carbocycles. The maximum atomic E-state index is 5.84. The third-order valence-electron chi connectivity index (χ3n) is 3.02. The standard InChI is InChI=1S/C14H17BrN2S/c1-9-12(14(2,3)8-16)17-13(18-9)10-5-4-6-11(15)7-10/h4-7H,8,16H2,1-3H3. The van der Waals surface area contributed by atoms with Crippen molar-refractivity contribution in [1.29, 1.82) is 0 Å². The van der Waals surface area contributed by atoms with Crippen molar-refractivity contribution in [3.05, 3.63) is 39.3 Å². The van der Waals surface area contributed by atoms with E-state index in [0.29, 0.717) is 6.54 Å². The first-order valence-corrected chi connectivity index (χ1v) is 7.49. The second kappa shape index (κ2) is 5.11. The molecule has 0 aliphatic heterocycles. The monoisotopic (exact) mass is 324 g/mol. The van der Waals surface area contributed by atoms with Gasteiger partial charge >= 0.3 is 0 Å². The topological polar surface area (TPSA) is 38.9 Å². The number of aryl methyl sites for hydroxylation is 1. The molecule has 0 aliphatic carbocycles. The van der Waals surface area contributed by atoms with Crippen molar-refractivity contribution in [2.24, 2.45) is 5.73 Å². The summed E-state index contributed by atoms with van der Waals surface area (Å²) in [6.07, 6.45) is 0. The van der Waals surface area contributed by atoms with Gasteiger partial charge < -0.3 is 5.73 Å². The summed E-state index contributed by atoms with van der Waals surface area (Å²) in [5.41, 5.74) is 8.04. The Balaban J connectivity index is 2.47. The zero-order valence-corrected chi connectivity index (χ0v) is 13.2. The van der Waals surface area contributed by atoms with Crippen LogP contribution in [0.25, 0.3) is 10.6 Å². The maximum Gasteiger partial charge on any atom is 0.123 e. The average molecular weight is 325 g/mol. The fourth-order valence-corrected chi connectivity index (χ4v) is 3.36. The number of hydrogen-bond donors (Lipinski definition) is 1. The summed E-state index contributed by atoms with van der Waals surface area (Å²) in [7, 11) is 0. The van der Waals surface area contributed by atoms with Crippen LogP contribution in [-0.2, 0) is 5.41 Å². The van der Waals surface area contributed by atoms with E-state index in [1.54, 1.807) is 11.3 Å². The largest absolute Gasteiger partial charge is 0.330 e. The van der Waals surface area contributed by atoms with Gasteiger partial charge in [0.15, 0.2) is 0 Å². The van der Waals surface area contributed by atoms with E-state index in [1.807, 2.05) is 12.1 Å². The third-order valence-corrected chi connectivity index (χ3v) is 4.53. The number of hydrogen-bond acceptors (Lipinski definition) is 3. The Hall–Kier alpha value is -0.710. The van der Waals surface area contributed by atoms with Gasteiger partial charge in [0.2, 0.25) is 0 Å². The molecule has 0 saturated heterocycles. The molecule has 2 aromatic rings. The predicted molar refractivity (Wildman–Crippen MR) is 82.1 cm³/mol. The van der Waals surface area contributed by atoms with Crippen LogP contribution in [0.15, 0.2) is 28.7 Å². The molecule has 0 unspecified atom stereocenters. The van der Waals surface area contributed by atoms with E-state index in [4.69, 9.17) is 10.7 Å². The Bertz CT molecular complexity index is 561. The van der Waals surface area contributed by atoms with Gasteiger partial charge in [-0.05, 0) is 19.1 Å². The minimum atomic E-state index is -0.0646. The Morgan fingerprint density at radius 3 is 2.72 bits per heavy atom. The third kappa shape index (κ3) is 2.66. The molecule has 2 nitrogen and oxygen atoms in total. The Kier molecular flexibility index (Phi) is 3.90. The van der Waals surface area contributed by atoms with Crippen molar-refractivity contribution >= 4 is 27.3 Å². The first-order chi connectivity index (χ1) is 8.44. The summed E-state index contributed by atoms with van der Waals surface area (Å²) in [5.74, 6) is 0. The number of nitrogens with zero attached hydrogens (tertiary/aromatic N) is 1. The number of benzene rings is 1. The molecule has 18 heavy (non-hydrogen) atoms. The molecule has 0 aliphatic rings. The van der Waals surface area contributed by atoms with Gasteiger partial charge in [0.25, 0.3) is 0 Å². The summed E-state index contributed by atoms with van der Waals surface area (Å²) in [4.78, 5) is 6.03. The number of thiazole rings is 1. The summed E-state index contributed by atoms with van der Waals surface area (Å²) in [5, 5.41) is 1.06. The lowest BCUT2D eigenvalue weighted by Gasteiger charge is -2.20. The molecule has 96 valence electrons. The Labute approximate surface area is 120 Å². The van der Waals surface area contributed by atoms with Crippen LogP contribution in [-0.4, -0.2) is 11.5 Å². The van der Waals surface area contributed by atoms with E-state index in [-0.39, 0.29) is 5.41 Å². The molecule has 1 heterocycles. The van der Waals surface area contributed by atoms with Crippen molar-refractivity contribution in [3.8, 4) is 10.6 Å². The first kappa shape index (κ1) is 13.7. The molecule has 2 rings (SSSR count). The van der Waals surface area contributed by atoms with Crippen LogP contribution in [0.5, 0.6) is 0 Å². The Morgan fingerprint density at radius 1 is 1.39 bits per heavy atom. The summed E-state index contributed by atoms with van der Waals surface area (Å²) < 4.78 is 1.08. The van der Waals surface area contributed by atoms with Gasteiger partial charge in [-0.25, -0.2) is 4.98 Å². The molecule has 2 N–H and O–H groups in total. The summed E-state index contributed by atoms with van der Waals surface area (Å²) in [6.45, 7) is 7.00. The summed E-state index contributed by atoms with van der Waals surface area (Å²) in [6, 6.07) is 8.23. The fourth-order valence-electron chi connectivity index (χ4n) is 1.87. The fraction of sp³-hybridized carbons (Fsp3) is 0.357. The molecule has 0 atom stereocenters. The lowest BCUT2D eigenvalue weighted by Crippen LogP contribution is -2.29. The van der Waals surface area contributed by atoms with E-state index >= 15 is 0 Å². The summed E-state index contributed by atoms with van der Waals surface area (Å²) >= 11 is 5.23. The van der Waals surface area contributed by atoms with Gasteiger partial charge in [-0.1, -0.05) is 41.9 Å². The predicted octanol–water partition coefficient (Wildman–Crippen LogP) is 4.12. The smallest absolute Gasteiger partial charge is 0.123 e. The van der Waals surface area contributed by atoms with Crippen molar-refractivity contribution in [2.45, 2.75) is 26.2 Å². The highest BCUT2D eigenvalue weighted by Gasteiger charge is 2.25. The molecule has 0 spiro atoms. The van der Waals surface area contributed by atoms with Crippen molar-refractivity contribution in [1.82, 2.24) is 4.98 Å². The maximum absolute atomic E-state index is 5.84. The zero-order valence-electron chi connectivity index (χ0n) is 10.8. The van der Waals surface area contributed by atoms with Crippen LogP contribution >= 0.6 is 27.3 Å². The highest BCUT2D eigenvalue weighted by molar-refractivity contribution is 9.10. The van der Waals surface area contributed by atoms with E-state index in [0.717, 1.165) is 20.7 Å². The van der Waals surface area contributed by atoms with Crippen molar-refractivity contribution in [3.63, 3.8) is 0 Å². The average Bonchev–Trinajstić information content (AvgIpc) is 2.72. The highest BCUT2D eigenvalue weighted by Crippen LogP contribution is 2.34. The number of rotatable bonds is 3. The Morgan fingerprint density at radius 2 is 2.11 bits per heavy atom. The lowest BCUT2D eigenvalue weighted by atomic mass is 9.89. The number of aromatic nitrogens is 1. The first-order valence-electron chi connectivity index (χ1n) is 5.88. The van der Waals surface area contributed by atoms with Gasteiger partial charge in [0.05, 0.1) is 5.69 Å². The van der Waals surface area contributed by atoms with Gasteiger partial charge in [-0.2, -0.15) is 0 Å². The van der Waals surface area contributed by atoms with E-state index in [1.165, 1.54) is 4.88 Å². The van der Waals surface area contributed by atoms with Crippen LogP contribution < -0.4 is 5.73 Å². The second-order valence-electron chi connectivity index (χ2n) is 5.02. The van der Waals surface area contributed by atoms with E-state index < -0.39 is 0 Å². The minimum Gasteiger partial charge on any atom is -0.330 e. The zero-order chi connectivity index (χ0) is 13.3. The van der Waals surface area contributed by atoms with Crippen LogP contribution in [0.1, 0.15) is 24.4 Å². The SMILES string of the molecule is Cc1sc(-c2cccc(Br)c2)nc1C(C)(C)CN. The van der Waals surface area contributed by atoms with E-state index in [2.05, 4.69) is 48.8 Å². The second-order valence-corrected chi connectivity index (χ2v) is 7.14. The molecule has 4 heteroatoms. The molecule has 1 aromatic heterocycles. The molecular formula is C14H17BrN2S. The minimum absolute atomic E-state index is 0.0646. The van der Waals surface area contributed by atoms with Gasteiger partial charge in [-0.3, -0.25) is 0 Å². The normalized spacial score (nSPS) is 11.8. The number of nitrogens with two attached hydrogens (primary N) is 1. The molecule has 0 fully saturated rings. The quantitative estimate of drug-likeness (QED) is 0.922. The van der Waals surface area contributed by atoms with Crippen molar-refractivity contribution in [2.75, 3.05) is 6.54 Å². The molecule has 0 saturated carbocycles. The van der Waals surface area contributed by atoms with Crippen LogP contribution in [0.2, 0.25) is 0 Å². The lowest BCUT2D eigenvalue weighted by molar-refractivity contribution is 0.522. The van der Waals surface area contributed by atoms with Gasteiger partial charge in [0, 0.05) is 26.9 Å². The highest BCUT2D eigenvalue weighted by atomic mass is 79.9. The van der Waals surface area contributed by atoms with Gasteiger partial charge in [0.1, 0.15) is 5.01 Å². The van der Waals surface area contributed by atoms with Crippen molar-refractivity contribution < 1.29 is 0 Å². The van der Waals surface area contributed by atoms with Crippen LogP contribution in [0.4, 0.5) is 0 Å². The molecule has 0 radical (unpaired) electrons. The molecule has 0 bridgehead atoms. The molecule has 0 amide bonds. The van der Waals surface area contributed by atoms with Gasteiger partial charge in [-0.15, -0.1) is 11.3 Å². The molecular weight excluding hydrogens is 308 g/mol. The van der Waals surface area contributed by atoms with Crippen LogP contribution in [0.3, 0.4) is 0 Å².